The summed E-state index contributed by atoms with van der Waals surface area (Å²) in [4.78, 5) is 33.1. The van der Waals surface area contributed by atoms with Gasteiger partial charge in [0.2, 0.25) is 11.8 Å². The van der Waals surface area contributed by atoms with E-state index in [4.69, 9.17) is 4.74 Å². The van der Waals surface area contributed by atoms with E-state index in [0.29, 0.717) is 50.8 Å². The lowest BCUT2D eigenvalue weighted by Crippen LogP contribution is -2.50. The highest BCUT2D eigenvalue weighted by molar-refractivity contribution is 5.96. The van der Waals surface area contributed by atoms with Crippen molar-refractivity contribution in [1.29, 1.82) is 0 Å². The molecule has 1 N–H and O–H groups in total. The maximum Gasteiger partial charge on any atom is 0.259 e. The van der Waals surface area contributed by atoms with Crippen molar-refractivity contribution in [3.8, 4) is 5.88 Å². The van der Waals surface area contributed by atoms with Crippen molar-refractivity contribution < 1.29 is 14.3 Å². The van der Waals surface area contributed by atoms with E-state index in [-0.39, 0.29) is 11.8 Å². The largest absolute Gasteiger partial charge is 0.477 e. The van der Waals surface area contributed by atoms with Gasteiger partial charge in [0.05, 0.1) is 13.2 Å². The van der Waals surface area contributed by atoms with E-state index in [1.807, 2.05) is 38.1 Å². The van der Waals surface area contributed by atoms with E-state index in [9.17, 15) is 9.59 Å². The van der Waals surface area contributed by atoms with E-state index in [1.54, 1.807) is 23.2 Å². The number of nitrogens with one attached hydrogen (secondary N) is 1. The number of piperazine rings is 1. The molecule has 7 nitrogen and oxygen atoms in total. The summed E-state index contributed by atoms with van der Waals surface area (Å²) in [5.74, 6) is 0.240. The number of aromatic nitrogens is 1. The molecule has 0 saturated carbocycles. The number of anilines is 1. The molecule has 0 bridgehead atoms. The van der Waals surface area contributed by atoms with Crippen molar-refractivity contribution in [2.75, 3.05) is 44.6 Å². The molecule has 28 heavy (non-hydrogen) atoms. The molecule has 0 unspecified atom stereocenters. The second-order valence-corrected chi connectivity index (χ2v) is 6.77. The number of hydrogen-bond acceptors (Lipinski definition) is 5. The minimum absolute atomic E-state index is 0.0467. The smallest absolute Gasteiger partial charge is 0.259 e. The van der Waals surface area contributed by atoms with Crippen LogP contribution in [-0.2, 0) is 4.79 Å². The van der Waals surface area contributed by atoms with Crippen LogP contribution in [0.4, 0.5) is 5.69 Å². The van der Waals surface area contributed by atoms with E-state index >= 15 is 0 Å². The van der Waals surface area contributed by atoms with Crippen LogP contribution in [0.25, 0.3) is 0 Å². The predicted molar refractivity (Wildman–Crippen MR) is 108 cm³/mol. The van der Waals surface area contributed by atoms with Crippen LogP contribution >= 0.6 is 0 Å². The Kier molecular flexibility index (Phi) is 6.60. The molecule has 7 heteroatoms. The average Bonchev–Trinajstić information content (AvgIpc) is 2.70. The molecule has 0 aliphatic carbocycles. The van der Waals surface area contributed by atoms with Crippen molar-refractivity contribution in [3.05, 3.63) is 53.7 Å². The zero-order chi connectivity index (χ0) is 19.9. The van der Waals surface area contributed by atoms with Gasteiger partial charge in [-0.2, -0.15) is 0 Å². The van der Waals surface area contributed by atoms with Gasteiger partial charge in [-0.3, -0.25) is 14.5 Å². The van der Waals surface area contributed by atoms with Gasteiger partial charge in [0.1, 0.15) is 5.56 Å². The number of nitrogens with zero attached hydrogens (tertiary/aromatic N) is 3. The number of aryl methyl sites for hydroxylation is 1. The molecule has 0 radical (unpaired) electrons. The highest BCUT2D eigenvalue weighted by atomic mass is 16.5. The molecular formula is C21H26N4O3. The minimum atomic E-state index is -0.0830. The summed E-state index contributed by atoms with van der Waals surface area (Å²) in [6.07, 6.45) is 1.62. The fourth-order valence-electron chi connectivity index (χ4n) is 3.13. The summed E-state index contributed by atoms with van der Waals surface area (Å²) in [5.41, 5.74) is 2.43. The van der Waals surface area contributed by atoms with Crippen molar-refractivity contribution >= 4 is 17.5 Å². The lowest BCUT2D eigenvalue weighted by atomic mass is 10.2. The molecule has 0 spiro atoms. The van der Waals surface area contributed by atoms with Crippen molar-refractivity contribution in [3.63, 3.8) is 0 Å². The van der Waals surface area contributed by atoms with Crippen LogP contribution in [0.3, 0.4) is 0 Å². The van der Waals surface area contributed by atoms with Gasteiger partial charge < -0.3 is 15.0 Å². The van der Waals surface area contributed by atoms with Gasteiger partial charge in [0.15, 0.2) is 0 Å². The lowest BCUT2D eigenvalue weighted by molar-refractivity contribution is -0.117. The third-order valence-electron chi connectivity index (χ3n) is 4.64. The van der Waals surface area contributed by atoms with Crippen molar-refractivity contribution in [2.24, 2.45) is 0 Å². The lowest BCUT2D eigenvalue weighted by Gasteiger charge is -2.34. The number of hydrogen-bond donors (Lipinski definition) is 1. The summed E-state index contributed by atoms with van der Waals surface area (Å²) in [6.45, 7) is 7.08. The summed E-state index contributed by atoms with van der Waals surface area (Å²) >= 11 is 0. The van der Waals surface area contributed by atoms with E-state index < -0.39 is 0 Å². The Balaban J connectivity index is 1.51. The summed E-state index contributed by atoms with van der Waals surface area (Å²) in [6, 6.07) is 11.2. The first-order valence-corrected chi connectivity index (χ1v) is 9.52. The van der Waals surface area contributed by atoms with Crippen molar-refractivity contribution in [1.82, 2.24) is 14.8 Å². The third kappa shape index (κ3) is 5.07. The summed E-state index contributed by atoms with van der Waals surface area (Å²) < 4.78 is 5.46. The molecule has 1 fully saturated rings. The molecule has 2 heterocycles. The molecule has 1 aromatic heterocycles. The maximum atomic E-state index is 12.8. The number of amides is 2. The number of carbonyl (C=O) groups is 2. The SMILES string of the molecule is CCOc1ncccc1C(=O)N1CCN(CC(=O)Nc2ccc(C)cc2)CC1. The quantitative estimate of drug-likeness (QED) is 0.829. The van der Waals surface area contributed by atoms with Crippen LogP contribution in [0.2, 0.25) is 0 Å². The van der Waals surface area contributed by atoms with E-state index in [1.165, 1.54) is 0 Å². The van der Waals surface area contributed by atoms with Crippen LogP contribution in [0.15, 0.2) is 42.6 Å². The summed E-state index contributed by atoms with van der Waals surface area (Å²) in [5, 5.41) is 2.91. The van der Waals surface area contributed by atoms with Crippen LogP contribution in [0.5, 0.6) is 5.88 Å². The number of carbonyl (C=O) groups excluding carboxylic acids is 2. The van der Waals surface area contributed by atoms with Gasteiger partial charge in [-0.15, -0.1) is 0 Å². The van der Waals surface area contributed by atoms with E-state index in [2.05, 4.69) is 15.2 Å². The topological polar surface area (TPSA) is 74.8 Å². The number of ether oxygens (including phenoxy) is 1. The molecule has 1 aliphatic heterocycles. The highest BCUT2D eigenvalue weighted by Crippen LogP contribution is 2.18. The zero-order valence-corrected chi connectivity index (χ0v) is 16.4. The van der Waals surface area contributed by atoms with Crippen LogP contribution in [0.1, 0.15) is 22.8 Å². The fraction of sp³-hybridized carbons (Fsp3) is 0.381. The molecular weight excluding hydrogens is 356 g/mol. The normalized spacial score (nSPS) is 14.6. The highest BCUT2D eigenvalue weighted by Gasteiger charge is 2.25. The Morgan fingerprint density at radius 1 is 1.11 bits per heavy atom. The first-order valence-electron chi connectivity index (χ1n) is 9.52. The number of benzene rings is 1. The van der Waals surface area contributed by atoms with Gasteiger partial charge in [0.25, 0.3) is 5.91 Å². The zero-order valence-electron chi connectivity index (χ0n) is 16.4. The Morgan fingerprint density at radius 3 is 2.50 bits per heavy atom. The summed E-state index contributed by atoms with van der Waals surface area (Å²) in [7, 11) is 0. The van der Waals surface area contributed by atoms with Crippen LogP contribution in [-0.4, -0.2) is 65.9 Å². The fourth-order valence-corrected chi connectivity index (χ4v) is 3.13. The molecule has 1 aromatic carbocycles. The molecule has 2 amide bonds. The standard InChI is InChI=1S/C21H26N4O3/c1-3-28-20-18(5-4-10-22-20)21(27)25-13-11-24(12-14-25)15-19(26)23-17-8-6-16(2)7-9-17/h4-10H,3,11-15H2,1-2H3,(H,23,26). The second-order valence-electron chi connectivity index (χ2n) is 6.77. The molecule has 0 atom stereocenters. The first-order chi connectivity index (χ1) is 13.6. The van der Waals surface area contributed by atoms with Gasteiger partial charge >= 0.3 is 0 Å². The monoisotopic (exact) mass is 382 g/mol. The molecule has 3 rings (SSSR count). The Labute approximate surface area is 165 Å². The van der Waals surface area contributed by atoms with Gasteiger partial charge in [-0.05, 0) is 38.1 Å². The molecule has 2 aromatic rings. The van der Waals surface area contributed by atoms with Gasteiger partial charge in [-0.25, -0.2) is 4.98 Å². The Morgan fingerprint density at radius 2 is 1.82 bits per heavy atom. The predicted octanol–water partition coefficient (Wildman–Crippen LogP) is 2.19. The molecule has 1 saturated heterocycles. The minimum Gasteiger partial charge on any atom is -0.477 e. The van der Waals surface area contributed by atoms with Crippen LogP contribution in [0, 0.1) is 6.92 Å². The molecule has 148 valence electrons. The Bertz CT molecular complexity index is 815. The van der Waals surface area contributed by atoms with Crippen LogP contribution < -0.4 is 10.1 Å². The maximum absolute atomic E-state index is 12.8. The van der Waals surface area contributed by atoms with Gasteiger partial charge in [-0.1, -0.05) is 17.7 Å². The number of rotatable bonds is 6. The molecule has 1 aliphatic rings. The Hall–Kier alpha value is -2.93. The second kappa shape index (κ2) is 9.32. The van der Waals surface area contributed by atoms with E-state index in [0.717, 1.165) is 11.3 Å². The third-order valence-corrected chi connectivity index (χ3v) is 4.64. The van der Waals surface area contributed by atoms with Crippen molar-refractivity contribution in [2.45, 2.75) is 13.8 Å². The first kappa shape index (κ1) is 19.8. The number of pyridine rings is 1. The van der Waals surface area contributed by atoms with Gasteiger partial charge in [0, 0.05) is 38.1 Å². The average molecular weight is 382 g/mol.